The fourth-order valence-electron chi connectivity index (χ4n) is 4.87. The van der Waals surface area contributed by atoms with Crippen molar-refractivity contribution in [3.8, 4) is 0 Å². The minimum absolute atomic E-state index is 0.0217. The standard InChI is InChI=1S/C22H26N2O3/c1-23-12-5-10-22(21(23)27)11-13-24(15-22)20(26)14-18-17(8-9-19(18)25)16-6-3-2-4-7-16/h2-4,6-7H,5,8-15H2,1H3. The third-order valence-electron chi connectivity index (χ3n) is 6.41. The van der Waals surface area contributed by atoms with Gasteiger partial charge in [0.25, 0.3) is 0 Å². The Balaban J connectivity index is 1.51. The number of nitrogens with zero attached hydrogens (tertiary/aromatic N) is 2. The van der Waals surface area contributed by atoms with Gasteiger partial charge in [-0.25, -0.2) is 0 Å². The van der Waals surface area contributed by atoms with Crippen molar-refractivity contribution in [2.24, 2.45) is 5.41 Å². The topological polar surface area (TPSA) is 57.7 Å². The lowest BCUT2D eigenvalue weighted by molar-refractivity contribution is -0.144. The average molecular weight is 366 g/mol. The number of allylic oxidation sites excluding steroid dienone is 1. The maximum Gasteiger partial charge on any atom is 0.230 e. The molecule has 1 aliphatic carbocycles. The summed E-state index contributed by atoms with van der Waals surface area (Å²) in [6, 6.07) is 9.87. The second-order valence-corrected chi connectivity index (χ2v) is 8.10. The molecule has 0 radical (unpaired) electrons. The predicted molar refractivity (Wildman–Crippen MR) is 103 cm³/mol. The summed E-state index contributed by atoms with van der Waals surface area (Å²) in [6.07, 6.45) is 3.94. The van der Waals surface area contributed by atoms with Crippen LogP contribution in [0.1, 0.15) is 44.1 Å². The van der Waals surface area contributed by atoms with Crippen molar-refractivity contribution in [3.05, 3.63) is 41.5 Å². The quantitative estimate of drug-likeness (QED) is 0.826. The van der Waals surface area contributed by atoms with E-state index in [2.05, 4.69) is 0 Å². The van der Waals surface area contributed by atoms with E-state index in [1.165, 1.54) is 0 Å². The van der Waals surface area contributed by atoms with Crippen LogP contribution in [-0.2, 0) is 14.4 Å². The van der Waals surface area contributed by atoms with Gasteiger partial charge in [-0.2, -0.15) is 0 Å². The van der Waals surface area contributed by atoms with Crippen LogP contribution in [0.5, 0.6) is 0 Å². The second-order valence-electron chi connectivity index (χ2n) is 8.10. The van der Waals surface area contributed by atoms with E-state index in [1.807, 2.05) is 37.4 Å². The first-order valence-electron chi connectivity index (χ1n) is 9.84. The van der Waals surface area contributed by atoms with Crippen LogP contribution in [0.2, 0.25) is 0 Å². The summed E-state index contributed by atoms with van der Waals surface area (Å²) in [5.41, 5.74) is 2.31. The molecule has 1 atom stereocenters. The van der Waals surface area contributed by atoms with Gasteiger partial charge in [-0.3, -0.25) is 14.4 Å². The van der Waals surface area contributed by atoms with E-state index in [0.717, 1.165) is 36.9 Å². The van der Waals surface area contributed by atoms with E-state index in [4.69, 9.17) is 0 Å². The van der Waals surface area contributed by atoms with Crippen LogP contribution in [0.15, 0.2) is 35.9 Å². The van der Waals surface area contributed by atoms with Gasteiger partial charge >= 0.3 is 0 Å². The fourth-order valence-corrected chi connectivity index (χ4v) is 4.87. The Morgan fingerprint density at radius 3 is 2.63 bits per heavy atom. The van der Waals surface area contributed by atoms with E-state index < -0.39 is 5.41 Å². The Morgan fingerprint density at radius 1 is 1.07 bits per heavy atom. The summed E-state index contributed by atoms with van der Waals surface area (Å²) in [5, 5.41) is 0. The number of benzene rings is 1. The summed E-state index contributed by atoms with van der Waals surface area (Å²) in [5.74, 6) is 0.237. The molecule has 1 aromatic carbocycles. The molecular formula is C22H26N2O3. The van der Waals surface area contributed by atoms with Crippen LogP contribution in [0.4, 0.5) is 0 Å². The molecule has 1 unspecified atom stereocenters. The van der Waals surface area contributed by atoms with Gasteiger partial charge in [-0.1, -0.05) is 30.3 Å². The molecule has 1 aromatic rings. The Kier molecular flexibility index (Phi) is 4.62. The largest absolute Gasteiger partial charge is 0.345 e. The molecule has 0 bridgehead atoms. The molecule has 2 saturated heterocycles. The molecule has 5 heteroatoms. The van der Waals surface area contributed by atoms with Crippen molar-refractivity contribution >= 4 is 23.2 Å². The number of ketones is 1. The number of rotatable bonds is 3. The molecule has 2 aliphatic heterocycles. The molecule has 5 nitrogen and oxygen atoms in total. The van der Waals surface area contributed by atoms with Gasteiger partial charge < -0.3 is 9.80 Å². The number of piperidine rings is 1. The highest BCUT2D eigenvalue weighted by atomic mass is 16.2. The maximum absolute atomic E-state index is 13.0. The van der Waals surface area contributed by atoms with E-state index in [0.29, 0.717) is 31.5 Å². The molecule has 0 saturated carbocycles. The van der Waals surface area contributed by atoms with Crippen molar-refractivity contribution in [2.45, 2.75) is 38.5 Å². The molecule has 27 heavy (non-hydrogen) atoms. The number of amides is 2. The van der Waals surface area contributed by atoms with Crippen molar-refractivity contribution in [3.63, 3.8) is 0 Å². The van der Waals surface area contributed by atoms with Crippen LogP contribution < -0.4 is 0 Å². The number of carbonyl (C=O) groups is 3. The molecule has 3 aliphatic rings. The summed E-state index contributed by atoms with van der Waals surface area (Å²) in [6.45, 7) is 1.91. The first-order valence-corrected chi connectivity index (χ1v) is 9.84. The first-order chi connectivity index (χ1) is 13.0. The third-order valence-corrected chi connectivity index (χ3v) is 6.41. The summed E-state index contributed by atoms with van der Waals surface area (Å²) < 4.78 is 0. The summed E-state index contributed by atoms with van der Waals surface area (Å²) in [7, 11) is 1.85. The highest BCUT2D eigenvalue weighted by Crippen LogP contribution is 2.40. The lowest BCUT2D eigenvalue weighted by Gasteiger charge is -2.37. The highest BCUT2D eigenvalue weighted by molar-refractivity contribution is 6.10. The lowest BCUT2D eigenvalue weighted by atomic mass is 9.78. The lowest BCUT2D eigenvalue weighted by Crippen LogP contribution is -2.48. The number of likely N-dealkylation sites (tertiary alicyclic amines) is 2. The summed E-state index contributed by atoms with van der Waals surface area (Å²) >= 11 is 0. The van der Waals surface area contributed by atoms with Gasteiger partial charge in [0.05, 0.1) is 11.8 Å². The zero-order valence-electron chi connectivity index (χ0n) is 15.9. The monoisotopic (exact) mass is 366 g/mol. The van der Waals surface area contributed by atoms with Gasteiger partial charge in [-0.05, 0) is 36.8 Å². The van der Waals surface area contributed by atoms with Gasteiger partial charge in [-0.15, -0.1) is 0 Å². The Labute approximate surface area is 160 Å². The van der Waals surface area contributed by atoms with Gasteiger partial charge in [0.2, 0.25) is 11.8 Å². The van der Waals surface area contributed by atoms with Gasteiger partial charge in [0.15, 0.2) is 5.78 Å². The Bertz CT molecular complexity index is 814. The molecule has 2 heterocycles. The Morgan fingerprint density at radius 2 is 1.85 bits per heavy atom. The van der Waals surface area contributed by atoms with Crippen molar-refractivity contribution < 1.29 is 14.4 Å². The van der Waals surface area contributed by atoms with Crippen LogP contribution in [-0.4, -0.2) is 54.1 Å². The molecule has 4 rings (SSSR count). The highest BCUT2D eigenvalue weighted by Gasteiger charge is 2.48. The molecule has 0 aromatic heterocycles. The minimum Gasteiger partial charge on any atom is -0.345 e. The molecule has 1 spiro atoms. The van der Waals surface area contributed by atoms with Crippen molar-refractivity contribution in [1.82, 2.24) is 9.80 Å². The van der Waals surface area contributed by atoms with Crippen LogP contribution >= 0.6 is 0 Å². The van der Waals surface area contributed by atoms with E-state index >= 15 is 0 Å². The molecule has 2 amide bonds. The van der Waals surface area contributed by atoms with Crippen molar-refractivity contribution in [2.75, 3.05) is 26.7 Å². The van der Waals surface area contributed by atoms with Crippen molar-refractivity contribution in [1.29, 1.82) is 0 Å². The summed E-state index contributed by atoms with van der Waals surface area (Å²) in [4.78, 5) is 41.6. The SMILES string of the molecule is CN1CCCC2(CCN(C(=O)CC3=C(c4ccccc4)CCC3=O)C2)C1=O. The number of hydrogen-bond donors (Lipinski definition) is 0. The van der Waals surface area contributed by atoms with E-state index in [1.54, 1.807) is 9.80 Å². The smallest absolute Gasteiger partial charge is 0.230 e. The molecule has 142 valence electrons. The van der Waals surface area contributed by atoms with E-state index in [-0.39, 0.29) is 24.0 Å². The van der Waals surface area contributed by atoms with E-state index in [9.17, 15) is 14.4 Å². The molecule has 2 fully saturated rings. The fraction of sp³-hybridized carbons (Fsp3) is 0.500. The van der Waals surface area contributed by atoms with Gasteiger partial charge in [0, 0.05) is 38.7 Å². The minimum atomic E-state index is -0.404. The number of hydrogen-bond acceptors (Lipinski definition) is 3. The predicted octanol–water partition coefficient (Wildman–Crippen LogP) is 2.66. The first kappa shape index (κ1) is 18.0. The average Bonchev–Trinajstić information content (AvgIpc) is 3.26. The normalized spacial score (nSPS) is 25.8. The number of carbonyl (C=O) groups excluding carboxylic acids is 3. The molecular weight excluding hydrogens is 340 g/mol. The Hall–Kier alpha value is -2.43. The number of Topliss-reactive ketones (excluding diaryl/α,β-unsaturated/α-hetero) is 1. The van der Waals surface area contributed by atoms with Crippen LogP contribution in [0.25, 0.3) is 5.57 Å². The zero-order valence-corrected chi connectivity index (χ0v) is 15.9. The van der Waals surface area contributed by atoms with Gasteiger partial charge in [0.1, 0.15) is 0 Å². The third kappa shape index (κ3) is 3.20. The second kappa shape index (κ2) is 6.95. The molecule has 0 N–H and O–H groups in total. The van der Waals surface area contributed by atoms with Crippen LogP contribution in [0.3, 0.4) is 0 Å². The van der Waals surface area contributed by atoms with Crippen LogP contribution in [0, 0.1) is 5.41 Å². The zero-order chi connectivity index (χ0) is 19.0. The maximum atomic E-state index is 13.0.